The van der Waals surface area contributed by atoms with E-state index in [1.54, 1.807) is 13.8 Å². The van der Waals surface area contributed by atoms with Gasteiger partial charge in [0.2, 0.25) is 5.91 Å². The molecule has 1 amide bonds. The lowest BCUT2D eigenvalue weighted by Crippen LogP contribution is -2.33. The van der Waals surface area contributed by atoms with Crippen LogP contribution in [0.3, 0.4) is 0 Å². The monoisotopic (exact) mass is 400 g/mol. The number of anilines is 2. The first-order valence-corrected chi connectivity index (χ1v) is 9.15. The number of amidine groups is 1. The van der Waals surface area contributed by atoms with Crippen molar-refractivity contribution in [2.45, 2.75) is 38.3 Å². The molecule has 1 aromatic heterocycles. The Morgan fingerprint density at radius 3 is 2.59 bits per heavy atom. The summed E-state index contributed by atoms with van der Waals surface area (Å²) in [6.07, 6.45) is -0.700. The molecule has 1 atom stereocenters. The van der Waals surface area contributed by atoms with Crippen LogP contribution in [0.1, 0.15) is 43.4 Å². The summed E-state index contributed by atoms with van der Waals surface area (Å²) in [5.74, 6) is 0.358. The number of nitrogens with zero attached hydrogens (tertiary/aromatic N) is 4. The zero-order chi connectivity index (χ0) is 21.0. The van der Waals surface area contributed by atoms with Crippen molar-refractivity contribution in [2.24, 2.45) is 9.98 Å². The molecule has 1 aromatic carbocycles. The van der Waals surface area contributed by atoms with E-state index in [1.807, 2.05) is 31.3 Å². The summed E-state index contributed by atoms with van der Waals surface area (Å²) in [7, 11) is 0. The first-order valence-electron chi connectivity index (χ1n) is 9.15. The Hall–Kier alpha value is -3.03. The maximum absolute atomic E-state index is 13.2. The second kappa shape index (κ2) is 6.50. The normalized spacial score (nSPS) is 20.6. The van der Waals surface area contributed by atoms with E-state index >= 15 is 0 Å². The maximum Gasteiger partial charge on any atom is 0.417 e. The van der Waals surface area contributed by atoms with Gasteiger partial charge in [0, 0.05) is 18.3 Å². The average molecular weight is 400 g/mol. The van der Waals surface area contributed by atoms with E-state index in [4.69, 9.17) is 0 Å². The van der Waals surface area contributed by atoms with Crippen LogP contribution in [0.2, 0.25) is 0 Å². The van der Waals surface area contributed by atoms with E-state index in [9.17, 15) is 18.0 Å². The lowest BCUT2D eigenvalue weighted by atomic mass is 9.85. The summed E-state index contributed by atoms with van der Waals surface area (Å²) in [4.78, 5) is 26.8. The molecule has 0 radical (unpaired) electrons. The summed E-state index contributed by atoms with van der Waals surface area (Å²) < 4.78 is 39.5. The minimum atomic E-state index is -4.54. The summed E-state index contributed by atoms with van der Waals surface area (Å²) in [6, 6.07) is 6.59. The fraction of sp³-hybridized carbons (Fsp3) is 0.333. The number of pyridine rings is 1. The number of aromatic nitrogens is 1. The molecule has 0 bridgehead atoms. The van der Waals surface area contributed by atoms with E-state index in [2.05, 4.69) is 15.0 Å². The van der Waals surface area contributed by atoms with Crippen LogP contribution in [0.25, 0.3) is 0 Å². The molecule has 0 aliphatic carbocycles. The van der Waals surface area contributed by atoms with Crippen molar-refractivity contribution in [3.8, 4) is 0 Å². The highest BCUT2D eigenvalue weighted by molar-refractivity contribution is 6.12. The number of carbonyl (C=O) groups excluding carboxylic acids is 1. The number of carbonyl (C=O) groups is 1. The minimum absolute atomic E-state index is 0.0516. The molecule has 4 rings (SSSR count). The fourth-order valence-electron chi connectivity index (χ4n) is 3.67. The number of alkyl halides is 3. The van der Waals surface area contributed by atoms with Crippen molar-refractivity contribution in [3.63, 3.8) is 0 Å². The Kier molecular flexibility index (Phi) is 4.33. The molecule has 0 saturated carbocycles. The second-order valence-corrected chi connectivity index (χ2v) is 7.74. The van der Waals surface area contributed by atoms with Gasteiger partial charge in [-0.15, -0.1) is 0 Å². The molecule has 0 fully saturated rings. The number of rotatable bonds is 2. The van der Waals surface area contributed by atoms with Crippen LogP contribution in [0, 0.1) is 0 Å². The molecule has 2 aromatic rings. The largest absolute Gasteiger partial charge is 0.417 e. The van der Waals surface area contributed by atoms with Gasteiger partial charge in [-0.1, -0.05) is 12.1 Å². The van der Waals surface area contributed by atoms with Crippen LogP contribution in [0.4, 0.5) is 24.5 Å². The van der Waals surface area contributed by atoms with Crippen molar-refractivity contribution in [1.82, 2.24) is 4.98 Å². The Morgan fingerprint density at radius 2 is 1.93 bits per heavy atom. The quantitative estimate of drug-likeness (QED) is 0.737. The van der Waals surface area contributed by atoms with Crippen molar-refractivity contribution < 1.29 is 18.0 Å². The van der Waals surface area contributed by atoms with Crippen molar-refractivity contribution in [1.29, 1.82) is 0 Å². The molecule has 3 heterocycles. The van der Waals surface area contributed by atoms with Gasteiger partial charge in [0.05, 0.1) is 35.1 Å². The lowest BCUT2D eigenvalue weighted by molar-refractivity contribution is -0.137. The Labute approximate surface area is 166 Å². The van der Waals surface area contributed by atoms with E-state index in [0.29, 0.717) is 18.1 Å². The number of fused-ring (bicyclic) bond motifs is 1. The molecule has 2 aliphatic rings. The highest BCUT2D eigenvalue weighted by Gasteiger charge is 2.45. The van der Waals surface area contributed by atoms with Gasteiger partial charge < -0.3 is 0 Å². The van der Waals surface area contributed by atoms with Crippen LogP contribution < -0.4 is 4.90 Å². The van der Waals surface area contributed by atoms with Gasteiger partial charge in [-0.3, -0.25) is 19.7 Å². The minimum Gasteiger partial charge on any atom is -0.278 e. The Morgan fingerprint density at radius 1 is 1.17 bits per heavy atom. The Bertz CT molecular complexity index is 1060. The van der Waals surface area contributed by atoms with E-state index in [0.717, 1.165) is 23.4 Å². The van der Waals surface area contributed by atoms with E-state index in [1.165, 1.54) is 11.1 Å². The molecule has 5 nitrogen and oxygen atoms in total. The van der Waals surface area contributed by atoms with Crippen molar-refractivity contribution >= 4 is 29.3 Å². The van der Waals surface area contributed by atoms with E-state index < -0.39 is 17.2 Å². The summed E-state index contributed by atoms with van der Waals surface area (Å²) in [5, 5.41) is 0. The first-order chi connectivity index (χ1) is 13.6. The standard InChI is InChI=1S/C21H19F3N4O/c1-12-26-8-14(9-27-12)13-4-5-17-18(6-13)28(19(29)20(17,2)3)16-7-15(10-25-11-16)21(22,23)24/h4-8,10-11,14H,9H2,1-3H3. The van der Waals surface area contributed by atoms with Gasteiger partial charge in [-0.2, -0.15) is 13.2 Å². The Balaban J connectivity index is 1.81. The third-order valence-corrected chi connectivity index (χ3v) is 5.37. The van der Waals surface area contributed by atoms with Gasteiger partial charge in [0.15, 0.2) is 0 Å². The van der Waals surface area contributed by atoms with Crippen LogP contribution in [-0.2, 0) is 16.4 Å². The van der Waals surface area contributed by atoms with Crippen LogP contribution in [0.5, 0.6) is 0 Å². The molecule has 150 valence electrons. The van der Waals surface area contributed by atoms with Crippen molar-refractivity contribution in [2.75, 3.05) is 11.4 Å². The molecule has 2 aliphatic heterocycles. The van der Waals surface area contributed by atoms with E-state index in [-0.39, 0.29) is 17.5 Å². The van der Waals surface area contributed by atoms with Gasteiger partial charge in [-0.25, -0.2) is 4.99 Å². The maximum atomic E-state index is 13.2. The molecule has 0 saturated heterocycles. The van der Waals surface area contributed by atoms with Gasteiger partial charge in [0.25, 0.3) is 0 Å². The van der Waals surface area contributed by atoms with Gasteiger partial charge in [0.1, 0.15) is 5.84 Å². The zero-order valence-corrected chi connectivity index (χ0v) is 16.2. The summed E-state index contributed by atoms with van der Waals surface area (Å²) in [5.41, 5.74) is 0.570. The van der Waals surface area contributed by atoms with Crippen LogP contribution in [0.15, 0.2) is 46.6 Å². The number of hydrogen-bond acceptors (Lipinski definition) is 4. The van der Waals surface area contributed by atoms with Gasteiger partial charge >= 0.3 is 6.18 Å². The molecular formula is C21H19F3N4O. The van der Waals surface area contributed by atoms with Gasteiger partial charge in [-0.05, 0) is 44.0 Å². The number of amides is 1. The number of aliphatic imine (C=N–C) groups is 2. The average Bonchev–Trinajstić information content (AvgIpc) is 2.87. The summed E-state index contributed by atoms with van der Waals surface area (Å²) in [6.45, 7) is 5.89. The molecule has 8 heteroatoms. The highest BCUT2D eigenvalue weighted by Crippen LogP contribution is 2.46. The smallest absolute Gasteiger partial charge is 0.278 e. The number of benzene rings is 1. The molecule has 29 heavy (non-hydrogen) atoms. The zero-order valence-electron chi connectivity index (χ0n) is 16.2. The third kappa shape index (κ3) is 3.22. The predicted octanol–water partition coefficient (Wildman–Crippen LogP) is 4.64. The number of halogens is 3. The fourth-order valence-corrected chi connectivity index (χ4v) is 3.67. The van der Waals surface area contributed by atoms with Crippen molar-refractivity contribution in [3.05, 3.63) is 53.3 Å². The predicted molar refractivity (Wildman–Crippen MR) is 105 cm³/mol. The topological polar surface area (TPSA) is 57.9 Å². The SMILES string of the molecule is CC1=NCC(c2ccc3c(c2)N(c2cncc(C(F)(F)F)c2)C(=O)C3(C)C)C=N1. The lowest BCUT2D eigenvalue weighted by Gasteiger charge is -2.21. The molecule has 0 N–H and O–H groups in total. The summed E-state index contributed by atoms with van der Waals surface area (Å²) >= 11 is 0. The second-order valence-electron chi connectivity index (χ2n) is 7.74. The third-order valence-electron chi connectivity index (χ3n) is 5.37. The molecule has 0 spiro atoms. The molecule has 1 unspecified atom stereocenters. The molecular weight excluding hydrogens is 381 g/mol. The van der Waals surface area contributed by atoms with Crippen LogP contribution >= 0.6 is 0 Å². The number of hydrogen-bond donors (Lipinski definition) is 0. The van der Waals surface area contributed by atoms with Crippen LogP contribution in [-0.4, -0.2) is 29.5 Å². The highest BCUT2D eigenvalue weighted by atomic mass is 19.4. The first kappa shape index (κ1) is 19.3.